The maximum absolute atomic E-state index is 13.2. The van der Waals surface area contributed by atoms with Crippen molar-refractivity contribution in [2.45, 2.75) is 13.8 Å². The van der Waals surface area contributed by atoms with Gasteiger partial charge in [-0.1, -0.05) is 6.07 Å². The molecule has 0 fully saturated rings. The van der Waals surface area contributed by atoms with Crippen molar-refractivity contribution in [3.05, 3.63) is 52.8 Å². The summed E-state index contributed by atoms with van der Waals surface area (Å²) >= 11 is 0. The van der Waals surface area contributed by atoms with Crippen molar-refractivity contribution in [2.24, 2.45) is 0 Å². The summed E-state index contributed by atoms with van der Waals surface area (Å²) < 4.78 is 13.2. The zero-order chi connectivity index (χ0) is 14.9. The lowest BCUT2D eigenvalue weighted by atomic mass is 10.1. The topological polar surface area (TPSA) is 75.4 Å². The van der Waals surface area contributed by atoms with Crippen LogP contribution in [0.2, 0.25) is 0 Å². The van der Waals surface area contributed by atoms with E-state index in [1.54, 1.807) is 26.0 Å². The molecule has 104 valence electrons. The fourth-order valence-corrected chi connectivity index (χ4v) is 1.89. The average molecular weight is 274 g/mol. The van der Waals surface area contributed by atoms with E-state index in [4.69, 9.17) is 5.73 Å². The fourth-order valence-electron chi connectivity index (χ4n) is 1.89. The van der Waals surface area contributed by atoms with E-state index < -0.39 is 11.7 Å². The number of aromatic hydroxyl groups is 1. The van der Waals surface area contributed by atoms with E-state index in [2.05, 4.69) is 5.32 Å². The summed E-state index contributed by atoms with van der Waals surface area (Å²) in [5, 5.41) is 12.5. The number of carbonyl (C=O) groups is 1. The van der Waals surface area contributed by atoms with Gasteiger partial charge in [0.15, 0.2) is 0 Å². The van der Waals surface area contributed by atoms with Gasteiger partial charge in [-0.3, -0.25) is 4.79 Å². The molecule has 2 rings (SSSR count). The van der Waals surface area contributed by atoms with E-state index in [1.807, 2.05) is 0 Å². The fraction of sp³-hybridized carbons (Fsp3) is 0.133. The zero-order valence-corrected chi connectivity index (χ0v) is 11.2. The summed E-state index contributed by atoms with van der Waals surface area (Å²) in [6.45, 7) is 3.45. The minimum atomic E-state index is -0.534. The molecule has 0 bridgehead atoms. The highest BCUT2D eigenvalue weighted by Gasteiger charge is 2.14. The van der Waals surface area contributed by atoms with Crippen LogP contribution in [0.25, 0.3) is 0 Å². The largest absolute Gasteiger partial charge is 0.507 e. The van der Waals surface area contributed by atoms with Crippen LogP contribution in [-0.4, -0.2) is 11.0 Å². The number of anilines is 2. The minimum Gasteiger partial charge on any atom is -0.507 e. The highest BCUT2D eigenvalue weighted by molar-refractivity contribution is 6.08. The van der Waals surface area contributed by atoms with Crippen molar-refractivity contribution < 1.29 is 14.3 Å². The summed E-state index contributed by atoms with van der Waals surface area (Å²) in [6, 6.07) is 6.97. The highest BCUT2D eigenvalue weighted by Crippen LogP contribution is 2.28. The lowest BCUT2D eigenvalue weighted by Gasteiger charge is -2.12. The minimum absolute atomic E-state index is 0.0597. The van der Waals surface area contributed by atoms with Crippen molar-refractivity contribution >= 4 is 17.3 Å². The van der Waals surface area contributed by atoms with Gasteiger partial charge in [-0.25, -0.2) is 4.39 Å². The van der Waals surface area contributed by atoms with Crippen LogP contribution in [0, 0.1) is 19.7 Å². The number of rotatable bonds is 2. The molecule has 4 nitrogen and oxygen atoms in total. The number of hydrogen-bond donors (Lipinski definition) is 3. The molecule has 0 spiro atoms. The lowest BCUT2D eigenvalue weighted by molar-refractivity contribution is 0.102. The van der Waals surface area contributed by atoms with Gasteiger partial charge in [-0.2, -0.15) is 0 Å². The Hall–Kier alpha value is -2.56. The van der Waals surface area contributed by atoms with Gasteiger partial charge in [0.1, 0.15) is 11.6 Å². The maximum Gasteiger partial charge on any atom is 0.257 e. The molecule has 0 aliphatic rings. The predicted octanol–water partition coefficient (Wildman–Crippen LogP) is 2.98. The molecular weight excluding hydrogens is 259 g/mol. The molecule has 0 unspecified atom stereocenters. The summed E-state index contributed by atoms with van der Waals surface area (Å²) in [5.41, 5.74) is 7.63. The van der Waals surface area contributed by atoms with Crippen LogP contribution in [0.1, 0.15) is 21.5 Å². The first-order valence-corrected chi connectivity index (χ1v) is 6.05. The van der Waals surface area contributed by atoms with Crippen LogP contribution in [0.4, 0.5) is 15.8 Å². The molecule has 0 heterocycles. The molecule has 0 saturated carbocycles. The monoisotopic (exact) mass is 274 g/mol. The molecule has 20 heavy (non-hydrogen) atoms. The quantitative estimate of drug-likeness (QED) is 0.737. The van der Waals surface area contributed by atoms with Crippen molar-refractivity contribution in [3.63, 3.8) is 0 Å². The SMILES string of the molecule is Cc1ccc(NC(=O)c2cc(F)ccc2N)c(C)c1O. The van der Waals surface area contributed by atoms with Crippen molar-refractivity contribution in [1.82, 2.24) is 0 Å². The molecule has 0 aliphatic carbocycles. The Morgan fingerprint density at radius 3 is 2.65 bits per heavy atom. The Balaban J connectivity index is 2.33. The Morgan fingerprint density at radius 1 is 1.25 bits per heavy atom. The second-order valence-electron chi connectivity index (χ2n) is 4.59. The summed E-state index contributed by atoms with van der Waals surface area (Å²) in [5.74, 6) is -0.934. The van der Waals surface area contributed by atoms with E-state index in [0.29, 0.717) is 16.8 Å². The van der Waals surface area contributed by atoms with Crippen molar-refractivity contribution in [3.8, 4) is 5.75 Å². The van der Waals surface area contributed by atoms with Crippen LogP contribution in [0.15, 0.2) is 30.3 Å². The number of nitrogen functional groups attached to an aromatic ring is 1. The summed E-state index contributed by atoms with van der Waals surface area (Å²) in [4.78, 5) is 12.1. The Bertz CT molecular complexity index is 684. The lowest BCUT2D eigenvalue weighted by Crippen LogP contribution is -2.15. The van der Waals surface area contributed by atoms with E-state index in [-0.39, 0.29) is 17.0 Å². The molecule has 4 N–H and O–H groups in total. The van der Waals surface area contributed by atoms with Crippen LogP contribution in [-0.2, 0) is 0 Å². The number of phenolic OH excluding ortho intramolecular Hbond substituents is 1. The predicted molar refractivity (Wildman–Crippen MR) is 76.3 cm³/mol. The summed E-state index contributed by atoms with van der Waals surface area (Å²) in [6.07, 6.45) is 0. The van der Waals surface area contributed by atoms with Crippen molar-refractivity contribution in [1.29, 1.82) is 0 Å². The molecule has 0 aromatic heterocycles. The zero-order valence-electron chi connectivity index (χ0n) is 11.2. The highest BCUT2D eigenvalue weighted by atomic mass is 19.1. The first-order chi connectivity index (χ1) is 9.40. The van der Waals surface area contributed by atoms with Crippen LogP contribution >= 0.6 is 0 Å². The first kappa shape index (κ1) is 13.9. The van der Waals surface area contributed by atoms with E-state index in [0.717, 1.165) is 6.07 Å². The molecule has 5 heteroatoms. The number of halogens is 1. The smallest absolute Gasteiger partial charge is 0.257 e. The molecule has 0 saturated heterocycles. The van der Waals surface area contributed by atoms with Gasteiger partial charge in [0.25, 0.3) is 5.91 Å². The number of phenols is 1. The second kappa shape index (κ2) is 5.21. The van der Waals surface area contributed by atoms with Gasteiger partial charge in [-0.15, -0.1) is 0 Å². The number of hydrogen-bond acceptors (Lipinski definition) is 3. The van der Waals surface area contributed by atoms with Gasteiger partial charge in [0, 0.05) is 16.9 Å². The van der Waals surface area contributed by atoms with E-state index >= 15 is 0 Å². The molecule has 2 aromatic carbocycles. The van der Waals surface area contributed by atoms with Gasteiger partial charge >= 0.3 is 0 Å². The number of amides is 1. The molecule has 0 radical (unpaired) electrons. The van der Waals surface area contributed by atoms with Crippen LogP contribution < -0.4 is 11.1 Å². The molecule has 0 aliphatic heterocycles. The maximum atomic E-state index is 13.2. The van der Waals surface area contributed by atoms with Gasteiger partial charge in [0.05, 0.1) is 5.56 Å². The first-order valence-electron chi connectivity index (χ1n) is 6.05. The number of carbonyl (C=O) groups excluding carboxylic acids is 1. The molecular formula is C15H15FN2O2. The van der Waals surface area contributed by atoms with E-state index in [1.165, 1.54) is 12.1 Å². The third kappa shape index (κ3) is 2.56. The van der Waals surface area contributed by atoms with Crippen LogP contribution in [0.5, 0.6) is 5.75 Å². The van der Waals surface area contributed by atoms with E-state index in [9.17, 15) is 14.3 Å². The Labute approximate surface area is 116 Å². The summed E-state index contributed by atoms with van der Waals surface area (Å²) in [7, 11) is 0. The standard InChI is InChI=1S/C15H15FN2O2/c1-8-3-6-13(9(2)14(8)19)18-15(20)11-7-10(16)4-5-12(11)17/h3-7,19H,17H2,1-2H3,(H,18,20). The normalized spacial score (nSPS) is 10.3. The second-order valence-corrected chi connectivity index (χ2v) is 4.59. The van der Waals surface area contributed by atoms with Crippen molar-refractivity contribution in [2.75, 3.05) is 11.1 Å². The Kier molecular flexibility index (Phi) is 3.61. The third-order valence-corrected chi connectivity index (χ3v) is 3.14. The average Bonchev–Trinajstić information content (AvgIpc) is 2.42. The molecule has 1 amide bonds. The molecule has 0 atom stereocenters. The number of aryl methyl sites for hydroxylation is 1. The number of benzene rings is 2. The number of nitrogens with two attached hydrogens (primary N) is 1. The van der Waals surface area contributed by atoms with Crippen LogP contribution in [0.3, 0.4) is 0 Å². The van der Waals surface area contributed by atoms with Gasteiger partial charge in [0.2, 0.25) is 0 Å². The Morgan fingerprint density at radius 2 is 1.95 bits per heavy atom. The van der Waals surface area contributed by atoms with Gasteiger partial charge in [-0.05, 0) is 43.7 Å². The third-order valence-electron chi connectivity index (χ3n) is 3.14. The molecule has 2 aromatic rings. The van der Waals surface area contributed by atoms with Gasteiger partial charge < -0.3 is 16.2 Å². The number of nitrogens with one attached hydrogen (secondary N) is 1.